The van der Waals surface area contributed by atoms with E-state index in [0.29, 0.717) is 13.2 Å². The van der Waals surface area contributed by atoms with Crippen LogP contribution in [0.15, 0.2) is 17.1 Å². The molecule has 1 aliphatic rings. The van der Waals surface area contributed by atoms with Crippen LogP contribution in [-0.2, 0) is 11.3 Å². The lowest BCUT2D eigenvalue weighted by molar-refractivity contribution is 0.0923. The zero-order valence-electron chi connectivity index (χ0n) is 12.3. The number of carbonyl (C=O) groups is 1. The number of amides is 1. The number of aromatic nitrogens is 1. The van der Waals surface area contributed by atoms with Crippen molar-refractivity contribution >= 4 is 5.91 Å². The molecule has 116 valence electrons. The van der Waals surface area contributed by atoms with Crippen LogP contribution < -0.4 is 10.9 Å². The molecule has 0 atom stereocenters. The van der Waals surface area contributed by atoms with E-state index in [9.17, 15) is 14.7 Å². The van der Waals surface area contributed by atoms with Gasteiger partial charge in [-0.2, -0.15) is 0 Å². The maximum Gasteiger partial charge on any atom is 0.256 e. The number of ether oxygens (including phenoxy) is 1. The summed E-state index contributed by atoms with van der Waals surface area (Å²) < 4.78 is 6.30. The van der Waals surface area contributed by atoms with E-state index in [0.717, 1.165) is 31.7 Å². The number of hydrogen-bond donors (Lipinski definition) is 2. The van der Waals surface area contributed by atoms with E-state index in [1.165, 1.54) is 17.2 Å². The number of rotatable bonds is 5. The van der Waals surface area contributed by atoms with E-state index in [2.05, 4.69) is 5.32 Å². The summed E-state index contributed by atoms with van der Waals surface area (Å²) in [6.45, 7) is 0.716. The summed E-state index contributed by atoms with van der Waals surface area (Å²) in [5.74, 6) is -0.604. The van der Waals surface area contributed by atoms with Crippen LogP contribution in [0.3, 0.4) is 0 Å². The van der Waals surface area contributed by atoms with E-state index in [1.54, 1.807) is 7.11 Å². The molecule has 1 aliphatic carbocycles. The van der Waals surface area contributed by atoms with Gasteiger partial charge in [-0.05, 0) is 12.8 Å². The van der Waals surface area contributed by atoms with Crippen molar-refractivity contribution in [3.05, 3.63) is 28.2 Å². The van der Waals surface area contributed by atoms with Gasteiger partial charge < -0.3 is 19.7 Å². The third-order valence-corrected chi connectivity index (χ3v) is 3.83. The Balaban J connectivity index is 2.13. The smallest absolute Gasteiger partial charge is 0.256 e. The zero-order valence-corrected chi connectivity index (χ0v) is 12.3. The number of hydrogen-bond acceptors (Lipinski definition) is 4. The second kappa shape index (κ2) is 7.26. The lowest BCUT2D eigenvalue weighted by atomic mass is 9.95. The fourth-order valence-corrected chi connectivity index (χ4v) is 2.61. The predicted molar refractivity (Wildman–Crippen MR) is 78.6 cm³/mol. The second-order valence-electron chi connectivity index (χ2n) is 5.41. The molecule has 0 unspecified atom stereocenters. The summed E-state index contributed by atoms with van der Waals surface area (Å²) in [5.41, 5.74) is -0.213. The molecule has 0 radical (unpaired) electrons. The molecule has 1 aromatic rings. The van der Waals surface area contributed by atoms with Crippen LogP contribution >= 0.6 is 0 Å². The molecule has 0 aliphatic heterocycles. The summed E-state index contributed by atoms with van der Waals surface area (Å²) in [6, 6.07) is 1.23. The molecule has 0 saturated heterocycles. The fraction of sp³-hybridized carbons (Fsp3) is 0.600. The molecule has 1 saturated carbocycles. The van der Waals surface area contributed by atoms with Gasteiger partial charge in [-0.3, -0.25) is 9.59 Å². The van der Waals surface area contributed by atoms with Gasteiger partial charge in [0.1, 0.15) is 5.75 Å². The summed E-state index contributed by atoms with van der Waals surface area (Å²) in [4.78, 5) is 24.0. The van der Waals surface area contributed by atoms with Crippen LogP contribution in [0.1, 0.15) is 42.5 Å². The summed E-state index contributed by atoms with van der Waals surface area (Å²) in [5, 5.41) is 12.8. The predicted octanol–water partition coefficient (Wildman–Crippen LogP) is 1.26. The van der Waals surface area contributed by atoms with Crippen LogP contribution in [0.25, 0.3) is 0 Å². The van der Waals surface area contributed by atoms with Gasteiger partial charge in [-0.1, -0.05) is 19.3 Å². The first-order chi connectivity index (χ1) is 10.1. The molecule has 21 heavy (non-hydrogen) atoms. The number of aromatic hydroxyl groups is 1. The van der Waals surface area contributed by atoms with Gasteiger partial charge in [0.2, 0.25) is 0 Å². The highest BCUT2D eigenvalue weighted by Gasteiger charge is 2.19. The lowest BCUT2D eigenvalue weighted by Crippen LogP contribution is -2.37. The van der Waals surface area contributed by atoms with E-state index < -0.39 is 0 Å². The quantitative estimate of drug-likeness (QED) is 0.857. The Bertz CT molecular complexity index is 547. The Kier molecular flexibility index (Phi) is 5.38. The van der Waals surface area contributed by atoms with Crippen molar-refractivity contribution in [3.63, 3.8) is 0 Å². The largest absolute Gasteiger partial charge is 0.507 e. The Morgan fingerprint density at radius 1 is 1.43 bits per heavy atom. The van der Waals surface area contributed by atoms with Crippen LogP contribution in [0.5, 0.6) is 5.75 Å². The molecule has 1 amide bonds. The number of carbonyl (C=O) groups excluding carboxylic acids is 1. The first kappa shape index (κ1) is 15.6. The Morgan fingerprint density at radius 2 is 2.14 bits per heavy atom. The van der Waals surface area contributed by atoms with Gasteiger partial charge in [0.05, 0.1) is 12.2 Å². The first-order valence-corrected chi connectivity index (χ1v) is 7.35. The van der Waals surface area contributed by atoms with E-state index in [1.807, 2.05) is 0 Å². The minimum Gasteiger partial charge on any atom is -0.507 e. The highest BCUT2D eigenvalue weighted by atomic mass is 16.5. The van der Waals surface area contributed by atoms with Crippen molar-refractivity contribution in [2.24, 2.45) is 0 Å². The summed E-state index contributed by atoms with van der Waals surface area (Å²) in [7, 11) is 1.54. The van der Waals surface area contributed by atoms with Gasteiger partial charge in [-0.25, -0.2) is 0 Å². The Hall–Kier alpha value is -1.82. The number of nitrogens with zero attached hydrogens (tertiary/aromatic N) is 1. The van der Waals surface area contributed by atoms with E-state index in [4.69, 9.17) is 4.74 Å². The molecular weight excluding hydrogens is 272 g/mol. The Morgan fingerprint density at radius 3 is 2.81 bits per heavy atom. The lowest BCUT2D eigenvalue weighted by Gasteiger charge is -2.23. The highest BCUT2D eigenvalue weighted by molar-refractivity contribution is 5.96. The molecule has 2 N–H and O–H groups in total. The fourth-order valence-electron chi connectivity index (χ4n) is 2.61. The second-order valence-corrected chi connectivity index (χ2v) is 5.41. The van der Waals surface area contributed by atoms with Gasteiger partial charge in [-0.15, -0.1) is 0 Å². The molecular formula is C15H22N2O4. The van der Waals surface area contributed by atoms with Crippen molar-refractivity contribution in [2.45, 2.75) is 44.7 Å². The molecule has 1 heterocycles. The number of nitrogens with one attached hydrogen (secondary N) is 1. The summed E-state index contributed by atoms with van der Waals surface area (Å²) in [6.07, 6.45) is 6.77. The van der Waals surface area contributed by atoms with Crippen LogP contribution in [-0.4, -0.2) is 35.3 Å². The third kappa shape index (κ3) is 4.07. The third-order valence-electron chi connectivity index (χ3n) is 3.83. The van der Waals surface area contributed by atoms with Gasteiger partial charge in [0, 0.05) is 32.0 Å². The van der Waals surface area contributed by atoms with Crippen molar-refractivity contribution in [1.29, 1.82) is 0 Å². The van der Waals surface area contributed by atoms with Crippen molar-refractivity contribution in [3.8, 4) is 5.75 Å². The van der Waals surface area contributed by atoms with Gasteiger partial charge >= 0.3 is 0 Å². The van der Waals surface area contributed by atoms with Crippen molar-refractivity contribution < 1.29 is 14.6 Å². The monoisotopic (exact) mass is 294 g/mol. The van der Waals surface area contributed by atoms with E-state index in [-0.39, 0.29) is 28.8 Å². The molecule has 6 heteroatoms. The standard InChI is InChI=1S/C15H22N2O4/c1-21-8-7-17-10-12(13(18)9-14(17)19)15(20)16-11-5-3-2-4-6-11/h9-11,18H,2-8H2,1H3,(H,16,20). The van der Waals surface area contributed by atoms with Crippen molar-refractivity contribution in [1.82, 2.24) is 9.88 Å². The van der Waals surface area contributed by atoms with Gasteiger partial charge in [0.15, 0.2) is 0 Å². The van der Waals surface area contributed by atoms with Gasteiger partial charge in [0.25, 0.3) is 11.5 Å². The van der Waals surface area contributed by atoms with Crippen LogP contribution in [0, 0.1) is 0 Å². The molecule has 0 aromatic carbocycles. The van der Waals surface area contributed by atoms with Crippen LogP contribution in [0.2, 0.25) is 0 Å². The average Bonchev–Trinajstić information content (AvgIpc) is 2.47. The zero-order chi connectivity index (χ0) is 15.2. The molecule has 1 aromatic heterocycles. The van der Waals surface area contributed by atoms with Crippen molar-refractivity contribution in [2.75, 3.05) is 13.7 Å². The number of methoxy groups -OCH3 is 1. The first-order valence-electron chi connectivity index (χ1n) is 7.35. The van der Waals surface area contributed by atoms with E-state index >= 15 is 0 Å². The molecule has 1 fully saturated rings. The molecule has 0 bridgehead atoms. The number of pyridine rings is 1. The maximum absolute atomic E-state index is 12.3. The molecule has 2 rings (SSSR count). The normalized spacial score (nSPS) is 15.9. The highest BCUT2D eigenvalue weighted by Crippen LogP contribution is 2.19. The molecule has 0 spiro atoms. The topological polar surface area (TPSA) is 80.6 Å². The minimum atomic E-state index is -0.348. The minimum absolute atomic E-state index is 0.135. The maximum atomic E-state index is 12.3. The summed E-state index contributed by atoms with van der Waals surface area (Å²) >= 11 is 0. The Labute approximate surface area is 123 Å². The average molecular weight is 294 g/mol. The molecule has 6 nitrogen and oxygen atoms in total. The van der Waals surface area contributed by atoms with Crippen LogP contribution in [0.4, 0.5) is 0 Å². The SMILES string of the molecule is COCCn1cc(C(=O)NC2CCCCC2)c(O)cc1=O.